The first kappa shape index (κ1) is 20.7. The molecule has 1 amide bonds. The van der Waals surface area contributed by atoms with Gasteiger partial charge in [0, 0.05) is 24.4 Å². The fourth-order valence-electron chi connectivity index (χ4n) is 6.17. The number of hydrogen-bond donors (Lipinski definition) is 2. The van der Waals surface area contributed by atoms with Crippen molar-refractivity contribution in [1.82, 2.24) is 5.32 Å². The minimum absolute atomic E-state index is 0.00319. The molecule has 0 radical (unpaired) electrons. The number of nitrogens with one attached hydrogen (secondary N) is 2. The summed E-state index contributed by atoms with van der Waals surface area (Å²) in [6.45, 7) is 2.06. The third-order valence-electron chi connectivity index (χ3n) is 7.25. The first-order chi connectivity index (χ1) is 14.3. The molecule has 7 nitrogen and oxygen atoms in total. The molecular weight excluding hydrogens is 404 g/mol. The minimum atomic E-state index is -0.531. The maximum atomic E-state index is 12.8. The van der Waals surface area contributed by atoms with Gasteiger partial charge in [-0.3, -0.25) is 14.9 Å². The Morgan fingerprint density at radius 2 is 1.90 bits per heavy atom. The smallest absolute Gasteiger partial charge is 0.271 e. The van der Waals surface area contributed by atoms with Gasteiger partial charge in [-0.2, -0.15) is 5.26 Å². The van der Waals surface area contributed by atoms with E-state index in [9.17, 15) is 20.2 Å². The number of hydrogen-bond acceptors (Lipinski definition) is 5. The van der Waals surface area contributed by atoms with Crippen LogP contribution in [0.4, 0.5) is 11.4 Å². The van der Waals surface area contributed by atoms with E-state index in [1.807, 2.05) is 6.07 Å². The van der Waals surface area contributed by atoms with Crippen molar-refractivity contribution in [2.24, 2.45) is 23.2 Å². The SMILES string of the molecule is CC(NC(=O)/C(C#N)=C\Nc1cc([N+](=O)[O-])ccc1Cl)C12CC3CC(CC(C3)C1)C2. The summed E-state index contributed by atoms with van der Waals surface area (Å²) in [6, 6.07) is 5.88. The number of nitrogens with zero attached hydrogens (tertiary/aromatic N) is 2. The lowest BCUT2D eigenvalue weighted by atomic mass is 9.48. The van der Waals surface area contributed by atoms with Gasteiger partial charge >= 0.3 is 0 Å². The van der Waals surface area contributed by atoms with Crippen LogP contribution in [0.15, 0.2) is 30.0 Å². The largest absolute Gasteiger partial charge is 0.359 e. The molecule has 0 aliphatic heterocycles. The highest BCUT2D eigenvalue weighted by atomic mass is 35.5. The number of carbonyl (C=O) groups is 1. The van der Waals surface area contributed by atoms with Gasteiger partial charge in [0.15, 0.2) is 0 Å². The number of benzene rings is 1. The second-order valence-electron chi connectivity index (χ2n) is 9.21. The van der Waals surface area contributed by atoms with Crippen molar-refractivity contribution < 1.29 is 9.72 Å². The maximum absolute atomic E-state index is 12.8. The Morgan fingerprint density at radius 3 is 2.43 bits per heavy atom. The highest BCUT2D eigenvalue weighted by Crippen LogP contribution is 2.61. The lowest BCUT2D eigenvalue weighted by molar-refractivity contribution is -0.384. The molecule has 0 saturated heterocycles. The van der Waals surface area contributed by atoms with E-state index in [1.54, 1.807) is 0 Å². The van der Waals surface area contributed by atoms with Crippen molar-refractivity contribution >= 4 is 28.9 Å². The Balaban J connectivity index is 1.45. The van der Waals surface area contributed by atoms with E-state index in [-0.39, 0.29) is 33.4 Å². The fraction of sp³-hybridized carbons (Fsp3) is 0.545. The Kier molecular flexibility index (Phi) is 5.46. The number of halogens is 1. The first-order valence-corrected chi connectivity index (χ1v) is 10.8. The monoisotopic (exact) mass is 428 g/mol. The highest BCUT2D eigenvalue weighted by molar-refractivity contribution is 6.33. The average molecular weight is 429 g/mol. The van der Waals surface area contributed by atoms with Crippen LogP contribution >= 0.6 is 11.6 Å². The lowest BCUT2D eigenvalue weighted by Crippen LogP contribution is -2.56. The van der Waals surface area contributed by atoms with E-state index in [4.69, 9.17) is 11.6 Å². The highest BCUT2D eigenvalue weighted by Gasteiger charge is 2.53. The average Bonchev–Trinajstić information content (AvgIpc) is 2.68. The molecule has 2 N–H and O–H groups in total. The molecule has 4 fully saturated rings. The van der Waals surface area contributed by atoms with Crippen LogP contribution in [0, 0.1) is 44.6 Å². The molecule has 30 heavy (non-hydrogen) atoms. The molecular formula is C22H25ClN4O3. The third-order valence-corrected chi connectivity index (χ3v) is 7.58. The quantitative estimate of drug-likeness (QED) is 0.293. The second kappa shape index (κ2) is 7.92. The topological polar surface area (TPSA) is 108 Å². The van der Waals surface area contributed by atoms with E-state index >= 15 is 0 Å². The van der Waals surface area contributed by atoms with Gasteiger partial charge in [0.25, 0.3) is 11.6 Å². The number of amides is 1. The van der Waals surface area contributed by atoms with Gasteiger partial charge < -0.3 is 10.6 Å². The van der Waals surface area contributed by atoms with Crippen molar-refractivity contribution in [3.05, 3.63) is 45.1 Å². The van der Waals surface area contributed by atoms with Crippen molar-refractivity contribution in [3.8, 4) is 6.07 Å². The van der Waals surface area contributed by atoms with Crippen LogP contribution in [0.1, 0.15) is 45.4 Å². The van der Waals surface area contributed by atoms with Gasteiger partial charge in [-0.25, -0.2) is 0 Å². The maximum Gasteiger partial charge on any atom is 0.271 e. The summed E-state index contributed by atoms with van der Waals surface area (Å²) in [5.41, 5.74) is 0.185. The standard InChI is InChI=1S/C22H25ClN4O3/c1-13(22-8-14-4-15(9-22)6-16(5-14)10-22)26-21(28)17(11-24)12-25-20-7-18(27(29)30)2-3-19(20)23/h2-3,7,12-16,25H,4-6,8-10H2,1H3,(H,26,28)/b17-12-. The number of non-ortho nitro benzene ring substituents is 1. The normalized spacial score (nSPS) is 30.4. The summed E-state index contributed by atoms with van der Waals surface area (Å²) in [5.74, 6) is 1.90. The molecule has 4 aliphatic carbocycles. The summed E-state index contributed by atoms with van der Waals surface area (Å²) in [7, 11) is 0. The molecule has 4 saturated carbocycles. The van der Waals surface area contributed by atoms with Crippen LogP contribution in [0.3, 0.4) is 0 Å². The molecule has 0 aromatic heterocycles. The molecule has 4 bridgehead atoms. The molecule has 158 valence electrons. The Labute approximate surface area is 180 Å². The number of carbonyl (C=O) groups excluding carboxylic acids is 1. The van der Waals surface area contributed by atoms with E-state index in [1.165, 1.54) is 43.7 Å². The Hall–Kier alpha value is -2.59. The summed E-state index contributed by atoms with van der Waals surface area (Å²) >= 11 is 6.07. The summed E-state index contributed by atoms with van der Waals surface area (Å²) < 4.78 is 0. The van der Waals surface area contributed by atoms with Gasteiger partial charge in [0.1, 0.15) is 11.6 Å². The number of nitriles is 1. The zero-order valence-electron chi connectivity index (χ0n) is 16.9. The van der Waals surface area contributed by atoms with Gasteiger partial charge in [-0.15, -0.1) is 0 Å². The van der Waals surface area contributed by atoms with Crippen LogP contribution < -0.4 is 10.6 Å². The molecule has 1 atom stereocenters. The predicted octanol–water partition coefficient (Wildman–Crippen LogP) is 4.79. The van der Waals surface area contributed by atoms with Crippen molar-refractivity contribution in [1.29, 1.82) is 5.26 Å². The van der Waals surface area contributed by atoms with E-state index in [2.05, 4.69) is 17.6 Å². The zero-order valence-corrected chi connectivity index (χ0v) is 17.6. The number of anilines is 1. The summed E-state index contributed by atoms with van der Waals surface area (Å²) in [5, 5.41) is 26.5. The molecule has 1 aromatic rings. The zero-order chi connectivity index (χ0) is 21.5. The van der Waals surface area contributed by atoms with Crippen molar-refractivity contribution in [3.63, 3.8) is 0 Å². The number of nitro groups is 1. The van der Waals surface area contributed by atoms with Crippen LogP contribution in [-0.4, -0.2) is 16.9 Å². The molecule has 1 aromatic carbocycles. The number of rotatable bonds is 6. The van der Waals surface area contributed by atoms with Gasteiger partial charge in [0.2, 0.25) is 0 Å². The van der Waals surface area contributed by atoms with Gasteiger partial charge in [0.05, 0.1) is 15.6 Å². The van der Waals surface area contributed by atoms with E-state index in [0.29, 0.717) is 0 Å². The van der Waals surface area contributed by atoms with Crippen LogP contribution in [0.25, 0.3) is 0 Å². The molecule has 1 unspecified atom stereocenters. The molecule has 8 heteroatoms. The molecule has 0 heterocycles. The van der Waals surface area contributed by atoms with E-state index in [0.717, 1.165) is 37.0 Å². The van der Waals surface area contributed by atoms with Crippen LogP contribution in [0.2, 0.25) is 5.02 Å². The summed E-state index contributed by atoms with van der Waals surface area (Å²) in [4.78, 5) is 23.2. The van der Waals surface area contributed by atoms with Crippen LogP contribution in [-0.2, 0) is 4.79 Å². The second-order valence-corrected chi connectivity index (χ2v) is 9.62. The molecule has 5 rings (SSSR count). The summed E-state index contributed by atoms with van der Waals surface area (Å²) in [6.07, 6.45) is 8.73. The van der Waals surface area contributed by atoms with Crippen molar-refractivity contribution in [2.75, 3.05) is 5.32 Å². The molecule has 4 aliphatic rings. The van der Waals surface area contributed by atoms with Crippen LogP contribution in [0.5, 0.6) is 0 Å². The van der Waals surface area contributed by atoms with Gasteiger partial charge in [-0.1, -0.05) is 11.6 Å². The number of nitro benzene ring substituents is 1. The van der Waals surface area contributed by atoms with Crippen molar-refractivity contribution in [2.45, 2.75) is 51.5 Å². The minimum Gasteiger partial charge on any atom is -0.359 e. The fourth-order valence-corrected chi connectivity index (χ4v) is 6.34. The Bertz CT molecular complexity index is 917. The third kappa shape index (κ3) is 3.89. The van der Waals surface area contributed by atoms with E-state index < -0.39 is 10.8 Å². The predicted molar refractivity (Wildman–Crippen MR) is 114 cm³/mol. The lowest BCUT2D eigenvalue weighted by Gasteiger charge is -2.59. The van der Waals surface area contributed by atoms with Gasteiger partial charge in [-0.05, 0) is 74.7 Å². The molecule has 0 spiro atoms. The first-order valence-electron chi connectivity index (χ1n) is 10.4. The Morgan fingerprint density at radius 1 is 1.30 bits per heavy atom.